The number of ether oxygens (including phenoxy) is 2. The molecule has 2 amide bonds. The van der Waals surface area contributed by atoms with Crippen molar-refractivity contribution in [2.24, 2.45) is 0 Å². The molecule has 0 fully saturated rings. The minimum atomic E-state index is -0.380. The molecule has 2 aromatic carbocycles. The lowest BCUT2D eigenvalue weighted by Crippen LogP contribution is -2.26. The van der Waals surface area contributed by atoms with E-state index in [1.54, 1.807) is 12.1 Å². The van der Waals surface area contributed by atoms with Gasteiger partial charge in [-0.3, -0.25) is 14.6 Å². The molecule has 0 atom stereocenters. The molecule has 0 unspecified atom stereocenters. The van der Waals surface area contributed by atoms with Gasteiger partial charge in [0.15, 0.2) is 11.5 Å². The van der Waals surface area contributed by atoms with Gasteiger partial charge in [-0.2, -0.15) is 4.94 Å². The Hall–Kier alpha value is -4.31. The fraction of sp³-hybridized carbons (Fsp3) is 0.136. The first-order valence-corrected chi connectivity index (χ1v) is 9.87. The molecule has 0 radical (unpaired) electrons. The van der Waals surface area contributed by atoms with Gasteiger partial charge in [-0.05, 0) is 47.5 Å². The predicted octanol–water partition coefficient (Wildman–Crippen LogP) is 2.35. The van der Waals surface area contributed by atoms with Crippen molar-refractivity contribution in [1.82, 2.24) is 15.6 Å². The second-order valence-electron chi connectivity index (χ2n) is 7.17. The van der Waals surface area contributed by atoms with E-state index in [1.807, 2.05) is 30.3 Å². The highest BCUT2D eigenvalue weighted by molar-refractivity contribution is 5.98. The molecule has 10 nitrogen and oxygen atoms in total. The van der Waals surface area contributed by atoms with E-state index in [4.69, 9.17) is 14.4 Å². The van der Waals surface area contributed by atoms with Crippen LogP contribution in [0.2, 0.25) is 0 Å². The summed E-state index contributed by atoms with van der Waals surface area (Å²) in [6, 6.07) is 14.1. The number of nitrogens with zero attached hydrogens (tertiary/aromatic N) is 1. The molecular formula is C22H19N5O5. The summed E-state index contributed by atoms with van der Waals surface area (Å²) in [5.74, 6) is 0.646. The van der Waals surface area contributed by atoms with Crippen LogP contribution in [-0.4, -0.2) is 23.6 Å². The number of rotatable bonds is 6. The van der Waals surface area contributed by atoms with Crippen LogP contribution in [0.3, 0.4) is 0 Å². The minimum absolute atomic E-state index is 0.156. The Labute approximate surface area is 182 Å². The van der Waals surface area contributed by atoms with Gasteiger partial charge >= 0.3 is 0 Å². The third kappa shape index (κ3) is 4.12. The molecular weight excluding hydrogens is 414 g/mol. The molecule has 0 saturated carbocycles. The average Bonchev–Trinajstić information content (AvgIpc) is 3.49. The standard InChI is InChI=1S/C22H19N5O5/c28-21(24-10-13-1-3-16-17(7-13)27-32-26-16)15-5-6-23-18(9-15)22(29)25-11-14-2-4-19-20(8-14)31-12-30-19/h1-9,26-27H,10-12H2,(H,24,28)(H,25,29). The van der Waals surface area contributed by atoms with Gasteiger partial charge in [0.1, 0.15) is 5.69 Å². The molecule has 1 aromatic heterocycles. The number of anilines is 2. The third-order valence-electron chi connectivity index (χ3n) is 5.00. The lowest BCUT2D eigenvalue weighted by Gasteiger charge is -2.09. The van der Waals surface area contributed by atoms with E-state index in [0.29, 0.717) is 30.2 Å². The predicted molar refractivity (Wildman–Crippen MR) is 114 cm³/mol. The number of hydrogen-bond donors (Lipinski definition) is 4. The summed E-state index contributed by atoms with van der Waals surface area (Å²) in [6.45, 7) is 0.805. The normalized spacial score (nSPS) is 13.0. The summed E-state index contributed by atoms with van der Waals surface area (Å²) in [6.07, 6.45) is 1.44. The lowest BCUT2D eigenvalue weighted by atomic mass is 10.1. The number of carbonyl (C=O) groups excluding carboxylic acids is 2. The molecule has 2 aliphatic rings. The van der Waals surface area contributed by atoms with Gasteiger partial charge in [0.2, 0.25) is 6.79 Å². The molecule has 0 aliphatic carbocycles. The van der Waals surface area contributed by atoms with Gasteiger partial charge in [0.25, 0.3) is 11.8 Å². The van der Waals surface area contributed by atoms with Crippen LogP contribution >= 0.6 is 0 Å². The molecule has 162 valence electrons. The van der Waals surface area contributed by atoms with Crippen LogP contribution in [0.4, 0.5) is 11.4 Å². The zero-order valence-electron chi connectivity index (χ0n) is 16.8. The van der Waals surface area contributed by atoms with E-state index in [2.05, 4.69) is 26.6 Å². The zero-order chi connectivity index (χ0) is 21.9. The van der Waals surface area contributed by atoms with Crippen molar-refractivity contribution in [3.8, 4) is 11.5 Å². The molecule has 5 rings (SSSR count). The summed E-state index contributed by atoms with van der Waals surface area (Å²) in [7, 11) is 0. The van der Waals surface area contributed by atoms with E-state index >= 15 is 0 Å². The molecule has 0 bridgehead atoms. The summed E-state index contributed by atoms with van der Waals surface area (Å²) < 4.78 is 10.6. The molecule has 2 aliphatic heterocycles. The second-order valence-corrected chi connectivity index (χ2v) is 7.17. The van der Waals surface area contributed by atoms with E-state index in [-0.39, 0.29) is 24.3 Å². The fourth-order valence-corrected chi connectivity index (χ4v) is 3.31. The minimum Gasteiger partial charge on any atom is -0.454 e. The van der Waals surface area contributed by atoms with Crippen molar-refractivity contribution in [3.05, 3.63) is 77.1 Å². The lowest BCUT2D eigenvalue weighted by molar-refractivity contribution is 0.0946. The van der Waals surface area contributed by atoms with Gasteiger partial charge in [0.05, 0.1) is 11.4 Å². The van der Waals surface area contributed by atoms with Gasteiger partial charge in [-0.1, -0.05) is 12.1 Å². The zero-order valence-corrected chi connectivity index (χ0v) is 16.8. The van der Waals surface area contributed by atoms with Crippen LogP contribution in [0.5, 0.6) is 11.5 Å². The first-order chi connectivity index (χ1) is 15.7. The molecule has 3 aromatic rings. The van der Waals surface area contributed by atoms with Crippen LogP contribution < -0.4 is 31.1 Å². The fourth-order valence-electron chi connectivity index (χ4n) is 3.31. The number of nitrogens with one attached hydrogen (secondary N) is 4. The first kappa shape index (κ1) is 19.6. The van der Waals surface area contributed by atoms with Crippen molar-refractivity contribution in [2.45, 2.75) is 13.1 Å². The Kier molecular flexibility index (Phi) is 5.18. The number of benzene rings is 2. The summed E-state index contributed by atoms with van der Waals surface area (Å²) in [5, 5.41) is 5.64. The summed E-state index contributed by atoms with van der Waals surface area (Å²) in [4.78, 5) is 34.1. The van der Waals surface area contributed by atoms with Crippen LogP contribution in [0.1, 0.15) is 32.0 Å². The van der Waals surface area contributed by atoms with E-state index in [0.717, 1.165) is 22.5 Å². The number of carbonyl (C=O) groups is 2. The van der Waals surface area contributed by atoms with Crippen molar-refractivity contribution in [3.63, 3.8) is 0 Å². The Balaban J connectivity index is 1.19. The van der Waals surface area contributed by atoms with E-state index < -0.39 is 0 Å². The Morgan fingerprint density at radius 2 is 1.59 bits per heavy atom. The molecule has 0 spiro atoms. The Morgan fingerprint density at radius 3 is 2.50 bits per heavy atom. The molecule has 4 N–H and O–H groups in total. The van der Waals surface area contributed by atoms with Crippen molar-refractivity contribution >= 4 is 23.2 Å². The number of aromatic nitrogens is 1. The maximum atomic E-state index is 12.6. The Bertz CT molecular complexity index is 1110. The SMILES string of the molecule is O=C(NCc1ccc2c(c1)NON2)c1ccnc(C(=O)NCc2ccc3c(c2)OCO3)c1. The highest BCUT2D eigenvalue weighted by atomic mass is 16.8. The average molecular weight is 433 g/mol. The maximum Gasteiger partial charge on any atom is 0.270 e. The quantitative estimate of drug-likeness (QED) is 0.467. The number of pyridine rings is 1. The van der Waals surface area contributed by atoms with Gasteiger partial charge < -0.3 is 20.1 Å². The number of amides is 2. The van der Waals surface area contributed by atoms with Crippen LogP contribution in [0, 0.1) is 0 Å². The van der Waals surface area contributed by atoms with E-state index in [9.17, 15) is 9.59 Å². The largest absolute Gasteiger partial charge is 0.454 e. The maximum absolute atomic E-state index is 12.6. The summed E-state index contributed by atoms with van der Waals surface area (Å²) >= 11 is 0. The van der Waals surface area contributed by atoms with Gasteiger partial charge in [-0.15, -0.1) is 0 Å². The van der Waals surface area contributed by atoms with Gasteiger partial charge in [-0.25, -0.2) is 11.0 Å². The van der Waals surface area contributed by atoms with Crippen molar-refractivity contribution < 1.29 is 24.0 Å². The molecule has 3 heterocycles. The number of hydrogen-bond acceptors (Lipinski definition) is 8. The summed E-state index contributed by atoms with van der Waals surface area (Å²) in [5.41, 5.74) is 9.31. The molecule has 0 saturated heterocycles. The molecule has 10 heteroatoms. The topological polar surface area (TPSA) is 123 Å². The number of fused-ring (bicyclic) bond motifs is 2. The smallest absolute Gasteiger partial charge is 0.270 e. The first-order valence-electron chi connectivity index (χ1n) is 9.87. The van der Waals surface area contributed by atoms with Crippen molar-refractivity contribution in [2.75, 3.05) is 17.8 Å². The molecule has 32 heavy (non-hydrogen) atoms. The second kappa shape index (κ2) is 8.44. The van der Waals surface area contributed by atoms with Crippen LogP contribution in [-0.2, 0) is 18.0 Å². The van der Waals surface area contributed by atoms with E-state index in [1.165, 1.54) is 12.3 Å². The van der Waals surface area contributed by atoms with Crippen molar-refractivity contribution in [1.29, 1.82) is 0 Å². The highest BCUT2D eigenvalue weighted by Gasteiger charge is 2.16. The van der Waals surface area contributed by atoms with Crippen LogP contribution in [0.15, 0.2) is 54.7 Å². The third-order valence-corrected chi connectivity index (χ3v) is 5.00. The highest BCUT2D eigenvalue weighted by Crippen LogP contribution is 2.32. The van der Waals surface area contributed by atoms with Gasteiger partial charge in [0, 0.05) is 24.8 Å². The Morgan fingerprint density at radius 1 is 0.844 bits per heavy atom. The van der Waals surface area contributed by atoms with Crippen LogP contribution in [0.25, 0.3) is 0 Å². The monoisotopic (exact) mass is 433 g/mol.